The minimum absolute atomic E-state index is 0.279. The van der Waals surface area contributed by atoms with Gasteiger partial charge in [0.25, 0.3) is 0 Å². The Morgan fingerprint density at radius 3 is 2.47 bits per heavy atom. The molecule has 2 aliphatic rings. The number of thiophene rings is 1. The Kier molecular flexibility index (Phi) is 7.97. The molecule has 1 aromatic heterocycles. The number of rotatable bonds is 7. The summed E-state index contributed by atoms with van der Waals surface area (Å²) in [6, 6.07) is 18.7. The lowest BCUT2D eigenvalue weighted by Crippen LogP contribution is -2.54. The Bertz CT molecular complexity index is 1310. The van der Waals surface area contributed by atoms with E-state index in [9.17, 15) is 19.5 Å². The molecule has 2 N–H and O–H groups in total. The van der Waals surface area contributed by atoms with Crippen molar-refractivity contribution in [3.63, 3.8) is 0 Å². The van der Waals surface area contributed by atoms with Gasteiger partial charge < -0.3 is 20.2 Å². The van der Waals surface area contributed by atoms with Gasteiger partial charge in [-0.1, -0.05) is 54.1 Å². The normalized spacial score (nSPS) is 19.0. The van der Waals surface area contributed by atoms with E-state index < -0.39 is 18.1 Å². The third-order valence-corrected chi connectivity index (χ3v) is 8.36. The van der Waals surface area contributed by atoms with Crippen LogP contribution in [0.2, 0.25) is 5.02 Å². The van der Waals surface area contributed by atoms with Crippen LogP contribution >= 0.6 is 22.9 Å². The quantitative estimate of drug-likeness (QED) is 0.455. The minimum atomic E-state index is -1.09. The fraction of sp³-hybridized carbons (Fsp3) is 0.321. The van der Waals surface area contributed by atoms with Crippen LogP contribution in [0.15, 0.2) is 66.7 Å². The molecule has 0 radical (unpaired) electrons. The molecule has 2 aromatic carbocycles. The molecule has 0 saturated carbocycles. The van der Waals surface area contributed by atoms with Crippen molar-refractivity contribution in [3.05, 3.63) is 82.2 Å². The Labute approximate surface area is 230 Å². The van der Waals surface area contributed by atoms with Crippen LogP contribution in [-0.4, -0.2) is 76.5 Å². The number of piperazine rings is 1. The first-order valence-electron chi connectivity index (χ1n) is 12.6. The topological polar surface area (TPSA) is 93.2 Å². The van der Waals surface area contributed by atoms with E-state index in [0.29, 0.717) is 25.1 Å². The van der Waals surface area contributed by atoms with Gasteiger partial charge in [0.1, 0.15) is 6.04 Å². The number of carbonyl (C=O) groups excluding carboxylic acids is 2. The second-order valence-corrected chi connectivity index (χ2v) is 11.1. The predicted molar refractivity (Wildman–Crippen MR) is 147 cm³/mol. The van der Waals surface area contributed by atoms with Crippen molar-refractivity contribution in [2.45, 2.75) is 25.0 Å². The third-order valence-electron chi connectivity index (χ3n) is 7.01. The Morgan fingerprint density at radius 1 is 1.00 bits per heavy atom. The van der Waals surface area contributed by atoms with Crippen LogP contribution in [0.1, 0.15) is 22.9 Å². The fourth-order valence-electron chi connectivity index (χ4n) is 5.01. The van der Waals surface area contributed by atoms with Gasteiger partial charge in [0.05, 0.1) is 0 Å². The Balaban J connectivity index is 1.12. The predicted octanol–water partition coefficient (Wildman–Crippen LogP) is 4.32. The number of urea groups is 1. The highest BCUT2D eigenvalue weighted by Gasteiger charge is 2.41. The van der Waals surface area contributed by atoms with Gasteiger partial charge in [-0.25, -0.2) is 9.59 Å². The highest BCUT2D eigenvalue weighted by atomic mass is 35.5. The van der Waals surface area contributed by atoms with E-state index in [1.807, 2.05) is 18.2 Å². The lowest BCUT2D eigenvalue weighted by molar-refractivity contribution is -0.149. The molecule has 3 aromatic rings. The number of halogens is 1. The maximum absolute atomic E-state index is 13.0. The van der Waals surface area contributed by atoms with Gasteiger partial charge in [-0.05, 0) is 41.8 Å². The first-order chi connectivity index (χ1) is 18.4. The monoisotopic (exact) mass is 552 g/mol. The van der Waals surface area contributed by atoms with Crippen LogP contribution in [-0.2, 0) is 16.1 Å². The molecule has 38 heavy (non-hydrogen) atoms. The van der Waals surface area contributed by atoms with Crippen LogP contribution in [0, 0.1) is 0 Å². The molecular formula is C28H29ClN4O4S. The summed E-state index contributed by atoms with van der Waals surface area (Å²) in [5, 5.41) is 13.3. The van der Waals surface area contributed by atoms with Crippen LogP contribution < -0.4 is 5.32 Å². The van der Waals surface area contributed by atoms with Crippen molar-refractivity contribution in [1.82, 2.24) is 20.0 Å². The van der Waals surface area contributed by atoms with E-state index in [1.54, 1.807) is 46.6 Å². The van der Waals surface area contributed by atoms with Crippen LogP contribution in [0.25, 0.3) is 10.4 Å². The van der Waals surface area contributed by atoms with Gasteiger partial charge in [0.2, 0.25) is 5.91 Å². The summed E-state index contributed by atoms with van der Waals surface area (Å²) < 4.78 is 0. The maximum Gasteiger partial charge on any atom is 0.331 e. The molecule has 198 valence electrons. The third kappa shape index (κ3) is 5.85. The van der Waals surface area contributed by atoms with E-state index in [1.165, 1.54) is 14.7 Å². The first-order valence-corrected chi connectivity index (χ1v) is 13.8. The second kappa shape index (κ2) is 11.6. The summed E-state index contributed by atoms with van der Waals surface area (Å²) in [6.45, 7) is 3.68. The van der Waals surface area contributed by atoms with Crippen molar-refractivity contribution >= 4 is 40.8 Å². The number of carbonyl (C=O) groups is 3. The molecule has 3 amide bonds. The number of hydrogen-bond acceptors (Lipinski definition) is 5. The number of benzene rings is 2. The number of carboxylic acids is 1. The number of aliphatic carboxylic acids is 1. The average Bonchev–Trinajstić information content (AvgIpc) is 3.52. The number of hydrogen-bond donors (Lipinski definition) is 2. The molecule has 0 spiro atoms. The van der Waals surface area contributed by atoms with Gasteiger partial charge in [-0.2, -0.15) is 0 Å². The first kappa shape index (κ1) is 26.2. The average molecular weight is 553 g/mol. The van der Waals surface area contributed by atoms with E-state index in [-0.39, 0.29) is 18.5 Å². The van der Waals surface area contributed by atoms with Crippen molar-refractivity contribution in [1.29, 1.82) is 0 Å². The van der Waals surface area contributed by atoms with E-state index in [0.717, 1.165) is 30.2 Å². The van der Waals surface area contributed by atoms with Crippen molar-refractivity contribution in [3.8, 4) is 10.4 Å². The van der Waals surface area contributed by atoms with E-state index in [2.05, 4.69) is 28.4 Å². The number of likely N-dealkylation sites (tertiary alicyclic amines) is 1. The molecule has 3 heterocycles. The lowest BCUT2D eigenvalue weighted by atomic mass is 10.1. The van der Waals surface area contributed by atoms with Crippen molar-refractivity contribution in [2.75, 3.05) is 32.7 Å². The summed E-state index contributed by atoms with van der Waals surface area (Å²) in [4.78, 5) is 45.7. The highest BCUT2D eigenvalue weighted by Crippen LogP contribution is 2.31. The van der Waals surface area contributed by atoms with E-state index in [4.69, 9.17) is 11.6 Å². The van der Waals surface area contributed by atoms with Gasteiger partial charge >= 0.3 is 12.0 Å². The number of amides is 3. The smallest absolute Gasteiger partial charge is 0.331 e. The Morgan fingerprint density at radius 2 is 1.76 bits per heavy atom. The van der Waals surface area contributed by atoms with Crippen LogP contribution in [0.3, 0.4) is 0 Å². The summed E-state index contributed by atoms with van der Waals surface area (Å²) in [6.07, 6.45) is 0.383. The molecule has 0 aliphatic carbocycles. The second-order valence-electron chi connectivity index (χ2n) is 9.51. The van der Waals surface area contributed by atoms with E-state index >= 15 is 0 Å². The van der Waals surface area contributed by atoms with Gasteiger partial charge in [0, 0.05) is 54.0 Å². The summed E-state index contributed by atoms with van der Waals surface area (Å²) in [5.74, 6) is -1.44. The largest absolute Gasteiger partial charge is 0.479 e. The molecule has 2 unspecified atom stereocenters. The maximum atomic E-state index is 13.0. The summed E-state index contributed by atoms with van der Waals surface area (Å²) >= 11 is 7.87. The fourth-order valence-corrected chi connectivity index (χ4v) is 6.25. The van der Waals surface area contributed by atoms with Gasteiger partial charge in [-0.15, -0.1) is 11.3 Å². The molecular weight excluding hydrogens is 524 g/mol. The van der Waals surface area contributed by atoms with Crippen LogP contribution in [0.4, 0.5) is 4.79 Å². The molecule has 10 heteroatoms. The van der Waals surface area contributed by atoms with Crippen LogP contribution in [0.5, 0.6) is 0 Å². The SMILES string of the molecule is O=C(O)C(c1ccccc1)N1CCC(NC(=O)N2CCN(Cc3ccc(-c4cccc(Cl)c4)s3)CC2)C1=O. The molecule has 2 aliphatic heterocycles. The highest BCUT2D eigenvalue weighted by molar-refractivity contribution is 7.15. The zero-order chi connectivity index (χ0) is 26.6. The molecule has 5 rings (SSSR count). The summed E-state index contributed by atoms with van der Waals surface area (Å²) in [7, 11) is 0. The zero-order valence-corrected chi connectivity index (χ0v) is 22.3. The molecule has 2 fully saturated rings. The number of nitrogens with zero attached hydrogens (tertiary/aromatic N) is 3. The molecule has 8 nitrogen and oxygen atoms in total. The minimum Gasteiger partial charge on any atom is -0.479 e. The molecule has 2 saturated heterocycles. The van der Waals surface area contributed by atoms with Gasteiger partial charge in [0.15, 0.2) is 6.04 Å². The number of nitrogens with one attached hydrogen (secondary N) is 1. The molecule has 2 atom stereocenters. The summed E-state index contributed by atoms with van der Waals surface area (Å²) in [5.41, 5.74) is 1.65. The van der Waals surface area contributed by atoms with Gasteiger partial charge in [-0.3, -0.25) is 9.69 Å². The molecule has 0 bridgehead atoms. The van der Waals surface area contributed by atoms with Crippen molar-refractivity contribution < 1.29 is 19.5 Å². The lowest BCUT2D eigenvalue weighted by Gasteiger charge is -2.35. The number of carboxylic acid groups (broad SMARTS) is 1. The Hall–Kier alpha value is -3.40. The zero-order valence-electron chi connectivity index (χ0n) is 20.8. The standard InChI is InChI=1S/C28H29ClN4O4S/c29-21-8-4-7-20(17-21)24-10-9-22(38-24)18-31-13-15-32(16-14-31)28(37)30-23-11-12-33(26(23)34)25(27(35)36)19-5-2-1-3-6-19/h1-10,17,23,25H,11-16,18H2,(H,30,37)(H,35,36). The van der Waals surface area contributed by atoms with Crippen molar-refractivity contribution in [2.24, 2.45) is 0 Å².